The number of hydrazone groups is 1. The Morgan fingerprint density at radius 3 is 2.30 bits per heavy atom. The van der Waals surface area contributed by atoms with Gasteiger partial charge in [0, 0.05) is 11.3 Å². The average molecular weight is 458 g/mol. The molecule has 0 radical (unpaired) electrons. The molecule has 0 aliphatic rings. The minimum absolute atomic E-state index is 0.152. The van der Waals surface area contributed by atoms with Gasteiger partial charge in [0.25, 0.3) is 5.91 Å². The SMILES string of the molecule is COc1ccc(-c2nnc(SCC(=O)NN=C(C)c3ccccc3)n2-c2ccccc2)cc1. The van der Waals surface area contributed by atoms with Crippen LogP contribution < -0.4 is 10.2 Å². The van der Waals surface area contributed by atoms with Crippen LogP contribution in [0.1, 0.15) is 12.5 Å². The first-order valence-electron chi connectivity index (χ1n) is 10.3. The molecule has 0 fully saturated rings. The van der Waals surface area contributed by atoms with Crippen LogP contribution in [0.15, 0.2) is 95.2 Å². The van der Waals surface area contributed by atoms with Crippen molar-refractivity contribution in [1.82, 2.24) is 20.2 Å². The van der Waals surface area contributed by atoms with Gasteiger partial charge in [0.15, 0.2) is 11.0 Å². The number of hydrogen-bond acceptors (Lipinski definition) is 6. The zero-order valence-corrected chi connectivity index (χ0v) is 19.1. The molecule has 8 heteroatoms. The van der Waals surface area contributed by atoms with Crippen LogP contribution in [0.2, 0.25) is 0 Å². The second-order valence-corrected chi connectivity index (χ2v) is 8.04. The summed E-state index contributed by atoms with van der Waals surface area (Å²) in [7, 11) is 1.63. The number of nitrogens with zero attached hydrogens (tertiary/aromatic N) is 4. The van der Waals surface area contributed by atoms with Crippen molar-refractivity contribution in [2.45, 2.75) is 12.1 Å². The predicted octanol–water partition coefficient (Wildman–Crippen LogP) is 4.58. The summed E-state index contributed by atoms with van der Waals surface area (Å²) < 4.78 is 7.20. The third-order valence-corrected chi connectivity index (χ3v) is 5.80. The van der Waals surface area contributed by atoms with E-state index in [2.05, 4.69) is 20.7 Å². The molecule has 3 aromatic carbocycles. The number of methoxy groups -OCH3 is 1. The van der Waals surface area contributed by atoms with Gasteiger partial charge < -0.3 is 4.74 Å². The number of para-hydroxylation sites is 1. The van der Waals surface area contributed by atoms with Gasteiger partial charge in [-0.1, -0.05) is 60.3 Å². The van der Waals surface area contributed by atoms with Gasteiger partial charge in [-0.15, -0.1) is 10.2 Å². The second-order valence-electron chi connectivity index (χ2n) is 7.09. The van der Waals surface area contributed by atoms with Crippen LogP contribution >= 0.6 is 11.8 Å². The largest absolute Gasteiger partial charge is 0.497 e. The van der Waals surface area contributed by atoms with Gasteiger partial charge in [0.05, 0.1) is 18.6 Å². The number of carbonyl (C=O) groups excluding carboxylic acids is 1. The maximum Gasteiger partial charge on any atom is 0.250 e. The lowest BCUT2D eigenvalue weighted by Gasteiger charge is -2.10. The Bertz CT molecular complexity index is 1240. The number of amides is 1. The minimum atomic E-state index is -0.219. The first-order valence-corrected chi connectivity index (χ1v) is 11.3. The van der Waals surface area contributed by atoms with Crippen molar-refractivity contribution in [1.29, 1.82) is 0 Å². The number of ether oxygens (including phenoxy) is 1. The molecule has 1 amide bonds. The maximum absolute atomic E-state index is 12.4. The highest BCUT2D eigenvalue weighted by Gasteiger charge is 2.17. The molecule has 0 aliphatic heterocycles. The van der Waals surface area contributed by atoms with Crippen molar-refractivity contribution < 1.29 is 9.53 Å². The fourth-order valence-electron chi connectivity index (χ4n) is 3.15. The van der Waals surface area contributed by atoms with Crippen LogP contribution in [0, 0.1) is 0 Å². The zero-order valence-electron chi connectivity index (χ0n) is 18.3. The van der Waals surface area contributed by atoms with E-state index in [1.807, 2.05) is 96.4 Å². The summed E-state index contributed by atoms with van der Waals surface area (Å²) in [5.41, 5.74) is 6.12. The highest BCUT2D eigenvalue weighted by molar-refractivity contribution is 7.99. The first-order chi connectivity index (χ1) is 16.2. The van der Waals surface area contributed by atoms with E-state index in [9.17, 15) is 4.79 Å². The van der Waals surface area contributed by atoms with Crippen LogP contribution in [0.4, 0.5) is 0 Å². The van der Waals surface area contributed by atoms with Crippen LogP contribution in [-0.2, 0) is 4.79 Å². The molecule has 0 saturated carbocycles. The Labute approximate surface area is 196 Å². The van der Waals surface area contributed by atoms with Crippen molar-refractivity contribution in [2.75, 3.05) is 12.9 Å². The van der Waals surface area contributed by atoms with Crippen LogP contribution in [0.5, 0.6) is 5.75 Å². The average Bonchev–Trinajstić information content (AvgIpc) is 3.31. The topological polar surface area (TPSA) is 81.4 Å². The molecule has 4 rings (SSSR count). The summed E-state index contributed by atoms with van der Waals surface area (Å²) in [5, 5.41) is 13.6. The highest BCUT2D eigenvalue weighted by atomic mass is 32.2. The lowest BCUT2D eigenvalue weighted by atomic mass is 10.1. The van der Waals surface area contributed by atoms with Crippen LogP contribution in [0.25, 0.3) is 17.1 Å². The summed E-state index contributed by atoms with van der Waals surface area (Å²) in [6.07, 6.45) is 0. The minimum Gasteiger partial charge on any atom is -0.497 e. The summed E-state index contributed by atoms with van der Waals surface area (Å²) in [5.74, 6) is 1.38. The Hall–Kier alpha value is -3.91. The van der Waals surface area contributed by atoms with Crippen molar-refractivity contribution in [3.05, 3.63) is 90.5 Å². The van der Waals surface area contributed by atoms with Crippen molar-refractivity contribution in [2.24, 2.45) is 5.10 Å². The van der Waals surface area contributed by atoms with E-state index >= 15 is 0 Å². The first kappa shape index (κ1) is 22.3. The lowest BCUT2D eigenvalue weighted by molar-refractivity contribution is -0.118. The number of nitrogens with one attached hydrogen (secondary N) is 1. The number of rotatable bonds is 8. The second kappa shape index (κ2) is 10.6. The molecule has 4 aromatic rings. The molecule has 1 N–H and O–H groups in total. The molecule has 0 unspecified atom stereocenters. The molecular formula is C25H23N5O2S. The lowest BCUT2D eigenvalue weighted by Crippen LogP contribution is -2.21. The van der Waals surface area contributed by atoms with Gasteiger partial charge in [-0.2, -0.15) is 5.10 Å². The Balaban J connectivity index is 1.52. The maximum atomic E-state index is 12.4. The van der Waals surface area contributed by atoms with Crippen molar-refractivity contribution in [3.63, 3.8) is 0 Å². The fourth-order valence-corrected chi connectivity index (χ4v) is 3.90. The predicted molar refractivity (Wildman–Crippen MR) is 131 cm³/mol. The molecule has 1 aromatic heterocycles. The number of aromatic nitrogens is 3. The fraction of sp³-hybridized carbons (Fsp3) is 0.120. The Morgan fingerprint density at radius 2 is 1.64 bits per heavy atom. The summed E-state index contributed by atoms with van der Waals surface area (Å²) in [4.78, 5) is 12.4. The molecule has 0 atom stereocenters. The molecule has 0 spiro atoms. The molecule has 0 bridgehead atoms. The smallest absolute Gasteiger partial charge is 0.250 e. The van der Waals surface area contributed by atoms with E-state index in [4.69, 9.17) is 4.74 Å². The van der Waals surface area contributed by atoms with E-state index < -0.39 is 0 Å². The molecule has 33 heavy (non-hydrogen) atoms. The molecule has 0 saturated heterocycles. The number of carbonyl (C=O) groups is 1. The number of thioether (sulfide) groups is 1. The third kappa shape index (κ3) is 5.48. The summed E-state index contributed by atoms with van der Waals surface area (Å²) in [6, 6.07) is 27.2. The molecule has 166 valence electrons. The van der Waals surface area contributed by atoms with E-state index in [1.54, 1.807) is 7.11 Å². The van der Waals surface area contributed by atoms with E-state index in [0.717, 1.165) is 28.3 Å². The molecule has 1 heterocycles. The zero-order chi connectivity index (χ0) is 23.0. The van der Waals surface area contributed by atoms with Gasteiger partial charge in [0.2, 0.25) is 0 Å². The summed E-state index contributed by atoms with van der Waals surface area (Å²) in [6.45, 7) is 1.86. The number of hydrogen-bond donors (Lipinski definition) is 1. The summed E-state index contributed by atoms with van der Waals surface area (Å²) >= 11 is 1.30. The molecule has 0 aliphatic carbocycles. The van der Waals surface area contributed by atoms with Gasteiger partial charge in [-0.3, -0.25) is 9.36 Å². The Kier molecular flexibility index (Phi) is 7.16. The van der Waals surface area contributed by atoms with Gasteiger partial charge in [-0.05, 0) is 48.9 Å². The van der Waals surface area contributed by atoms with E-state index in [0.29, 0.717) is 11.0 Å². The monoisotopic (exact) mass is 457 g/mol. The van der Waals surface area contributed by atoms with E-state index in [-0.39, 0.29) is 11.7 Å². The van der Waals surface area contributed by atoms with E-state index in [1.165, 1.54) is 11.8 Å². The van der Waals surface area contributed by atoms with Crippen LogP contribution in [-0.4, -0.2) is 39.2 Å². The quantitative estimate of drug-likeness (QED) is 0.238. The van der Waals surface area contributed by atoms with Gasteiger partial charge in [-0.25, -0.2) is 5.43 Å². The highest BCUT2D eigenvalue weighted by Crippen LogP contribution is 2.28. The van der Waals surface area contributed by atoms with Crippen molar-refractivity contribution in [3.8, 4) is 22.8 Å². The number of benzene rings is 3. The van der Waals surface area contributed by atoms with Crippen molar-refractivity contribution >= 4 is 23.4 Å². The van der Waals surface area contributed by atoms with Gasteiger partial charge >= 0.3 is 0 Å². The van der Waals surface area contributed by atoms with Crippen LogP contribution in [0.3, 0.4) is 0 Å². The van der Waals surface area contributed by atoms with Gasteiger partial charge in [0.1, 0.15) is 5.75 Å². The normalized spacial score (nSPS) is 11.3. The molecular weight excluding hydrogens is 434 g/mol. The molecule has 7 nitrogen and oxygen atoms in total. The third-order valence-electron chi connectivity index (χ3n) is 4.87. The standard InChI is InChI=1S/C25H23N5O2S/c1-18(19-9-5-3-6-10-19)26-27-23(31)17-33-25-29-28-24(20-13-15-22(32-2)16-14-20)30(25)21-11-7-4-8-12-21/h3-16H,17H2,1-2H3,(H,27,31). The Morgan fingerprint density at radius 1 is 0.970 bits per heavy atom.